The number of carbonyl (C=O) groups is 1. The van der Waals surface area contributed by atoms with E-state index in [2.05, 4.69) is 30.9 Å². The molecule has 1 fully saturated rings. The van der Waals surface area contributed by atoms with Gasteiger partial charge in [0.05, 0.1) is 13.7 Å². The first kappa shape index (κ1) is 19.1. The number of benzene rings is 2. The molecule has 0 aliphatic carbocycles. The lowest BCUT2D eigenvalue weighted by molar-refractivity contribution is 0.0746. The summed E-state index contributed by atoms with van der Waals surface area (Å²) in [5, 5.41) is 0. The fourth-order valence-electron chi connectivity index (χ4n) is 3.13. The van der Waals surface area contributed by atoms with E-state index in [1.54, 1.807) is 7.11 Å². The summed E-state index contributed by atoms with van der Waals surface area (Å²) in [6.07, 6.45) is 0. The monoisotopic (exact) mass is 368 g/mol. The summed E-state index contributed by atoms with van der Waals surface area (Å²) in [5.41, 5.74) is 1.85. The number of ether oxygens (including phenoxy) is 2. The number of rotatable bonds is 6. The molecule has 0 bridgehead atoms. The van der Waals surface area contributed by atoms with Crippen LogP contribution in [-0.2, 0) is 0 Å². The number of anilines is 1. The molecule has 1 saturated heterocycles. The van der Waals surface area contributed by atoms with E-state index in [-0.39, 0.29) is 5.91 Å². The van der Waals surface area contributed by atoms with Crippen LogP contribution in [0.3, 0.4) is 0 Å². The SMILES string of the molecule is COc1ccc(N2CCN(C(=O)c3cccc(OCC(C)C)c3)CC2)cc1. The van der Waals surface area contributed by atoms with Crippen LogP contribution in [0.1, 0.15) is 24.2 Å². The quantitative estimate of drug-likeness (QED) is 0.780. The van der Waals surface area contributed by atoms with E-state index in [1.165, 1.54) is 0 Å². The maximum absolute atomic E-state index is 12.9. The van der Waals surface area contributed by atoms with Crippen LogP contribution in [0.15, 0.2) is 48.5 Å². The summed E-state index contributed by atoms with van der Waals surface area (Å²) < 4.78 is 11.0. The van der Waals surface area contributed by atoms with Gasteiger partial charge in [0.15, 0.2) is 0 Å². The molecule has 5 heteroatoms. The Hall–Kier alpha value is -2.69. The lowest BCUT2D eigenvalue weighted by atomic mass is 10.1. The van der Waals surface area contributed by atoms with Gasteiger partial charge in [-0.2, -0.15) is 0 Å². The number of amides is 1. The molecule has 1 aliphatic rings. The Kier molecular flexibility index (Phi) is 6.22. The second kappa shape index (κ2) is 8.80. The Labute approximate surface area is 161 Å². The smallest absolute Gasteiger partial charge is 0.254 e. The molecule has 144 valence electrons. The molecule has 0 atom stereocenters. The largest absolute Gasteiger partial charge is 0.497 e. The van der Waals surface area contributed by atoms with Gasteiger partial charge in [0.25, 0.3) is 5.91 Å². The molecule has 3 rings (SSSR count). The molecule has 0 radical (unpaired) electrons. The zero-order chi connectivity index (χ0) is 19.2. The molecule has 0 saturated carbocycles. The van der Waals surface area contributed by atoms with E-state index >= 15 is 0 Å². The summed E-state index contributed by atoms with van der Waals surface area (Å²) in [7, 11) is 1.67. The molecule has 2 aromatic rings. The fraction of sp³-hybridized carbons (Fsp3) is 0.409. The van der Waals surface area contributed by atoms with Crippen LogP contribution >= 0.6 is 0 Å². The van der Waals surface area contributed by atoms with Gasteiger partial charge >= 0.3 is 0 Å². The first-order chi connectivity index (χ1) is 13.1. The third-order valence-electron chi connectivity index (χ3n) is 4.67. The summed E-state index contributed by atoms with van der Waals surface area (Å²) in [6, 6.07) is 15.6. The molecule has 0 aromatic heterocycles. The number of nitrogens with zero attached hydrogens (tertiary/aromatic N) is 2. The van der Waals surface area contributed by atoms with Crippen molar-refractivity contribution in [3.8, 4) is 11.5 Å². The van der Waals surface area contributed by atoms with Crippen molar-refractivity contribution in [3.63, 3.8) is 0 Å². The molecule has 1 amide bonds. The lowest BCUT2D eigenvalue weighted by Crippen LogP contribution is -2.48. The van der Waals surface area contributed by atoms with Crippen LogP contribution in [0.2, 0.25) is 0 Å². The molecule has 0 unspecified atom stereocenters. The van der Waals surface area contributed by atoms with Crippen LogP contribution in [0, 0.1) is 5.92 Å². The Morgan fingerprint density at radius 1 is 1.00 bits per heavy atom. The number of hydrogen-bond acceptors (Lipinski definition) is 4. The van der Waals surface area contributed by atoms with Crippen molar-refractivity contribution in [2.24, 2.45) is 5.92 Å². The Balaban J connectivity index is 1.58. The van der Waals surface area contributed by atoms with Crippen molar-refractivity contribution in [1.29, 1.82) is 0 Å². The minimum Gasteiger partial charge on any atom is -0.497 e. The third kappa shape index (κ3) is 4.94. The highest BCUT2D eigenvalue weighted by Gasteiger charge is 2.22. The van der Waals surface area contributed by atoms with Gasteiger partial charge < -0.3 is 19.3 Å². The number of hydrogen-bond donors (Lipinski definition) is 0. The number of carbonyl (C=O) groups excluding carboxylic acids is 1. The highest BCUT2D eigenvalue weighted by Crippen LogP contribution is 2.22. The lowest BCUT2D eigenvalue weighted by Gasteiger charge is -2.36. The van der Waals surface area contributed by atoms with E-state index in [1.807, 2.05) is 41.3 Å². The standard InChI is InChI=1S/C22H28N2O3/c1-17(2)16-27-21-6-4-5-18(15-21)22(25)24-13-11-23(12-14-24)19-7-9-20(26-3)10-8-19/h4-10,15,17H,11-14,16H2,1-3H3. The van der Waals surface area contributed by atoms with Gasteiger partial charge in [0.2, 0.25) is 0 Å². The Morgan fingerprint density at radius 3 is 2.33 bits per heavy atom. The van der Waals surface area contributed by atoms with E-state index < -0.39 is 0 Å². The summed E-state index contributed by atoms with van der Waals surface area (Å²) in [5.74, 6) is 2.13. The molecular formula is C22H28N2O3. The topological polar surface area (TPSA) is 42.0 Å². The van der Waals surface area contributed by atoms with Gasteiger partial charge in [-0.3, -0.25) is 4.79 Å². The molecule has 2 aromatic carbocycles. The highest BCUT2D eigenvalue weighted by molar-refractivity contribution is 5.94. The van der Waals surface area contributed by atoms with Crippen molar-refractivity contribution in [3.05, 3.63) is 54.1 Å². The van der Waals surface area contributed by atoms with Crippen molar-refractivity contribution in [2.45, 2.75) is 13.8 Å². The van der Waals surface area contributed by atoms with Crippen LogP contribution in [0.25, 0.3) is 0 Å². The zero-order valence-corrected chi connectivity index (χ0v) is 16.4. The van der Waals surface area contributed by atoms with Gasteiger partial charge in [-0.25, -0.2) is 0 Å². The van der Waals surface area contributed by atoms with E-state index in [0.717, 1.165) is 30.3 Å². The van der Waals surface area contributed by atoms with Crippen LogP contribution in [0.4, 0.5) is 5.69 Å². The van der Waals surface area contributed by atoms with Crippen LogP contribution in [-0.4, -0.2) is 50.7 Å². The number of methoxy groups -OCH3 is 1. The summed E-state index contributed by atoms with van der Waals surface area (Å²) in [4.78, 5) is 17.1. The van der Waals surface area contributed by atoms with Gasteiger partial charge in [-0.15, -0.1) is 0 Å². The van der Waals surface area contributed by atoms with Gasteiger partial charge in [0.1, 0.15) is 11.5 Å². The maximum Gasteiger partial charge on any atom is 0.254 e. The minimum atomic E-state index is 0.0689. The second-order valence-electron chi connectivity index (χ2n) is 7.21. The van der Waals surface area contributed by atoms with Gasteiger partial charge in [-0.1, -0.05) is 19.9 Å². The Morgan fingerprint density at radius 2 is 1.70 bits per heavy atom. The van der Waals surface area contributed by atoms with Crippen LogP contribution in [0.5, 0.6) is 11.5 Å². The van der Waals surface area contributed by atoms with Crippen LogP contribution < -0.4 is 14.4 Å². The predicted molar refractivity (Wildman–Crippen MR) is 108 cm³/mol. The maximum atomic E-state index is 12.9. The first-order valence-electron chi connectivity index (χ1n) is 9.48. The summed E-state index contributed by atoms with van der Waals surface area (Å²) >= 11 is 0. The molecule has 1 heterocycles. The second-order valence-corrected chi connectivity index (χ2v) is 7.21. The van der Waals surface area contributed by atoms with Crippen molar-refractivity contribution < 1.29 is 14.3 Å². The normalized spacial score (nSPS) is 14.4. The number of piperazine rings is 1. The predicted octanol–water partition coefficient (Wildman–Crippen LogP) is 3.69. The molecular weight excluding hydrogens is 340 g/mol. The van der Waals surface area contributed by atoms with E-state index in [4.69, 9.17) is 9.47 Å². The molecule has 27 heavy (non-hydrogen) atoms. The average Bonchev–Trinajstić information content (AvgIpc) is 2.72. The van der Waals surface area contributed by atoms with Crippen molar-refractivity contribution >= 4 is 11.6 Å². The van der Waals surface area contributed by atoms with E-state index in [9.17, 15) is 4.79 Å². The molecule has 5 nitrogen and oxygen atoms in total. The highest BCUT2D eigenvalue weighted by atomic mass is 16.5. The molecule has 0 N–H and O–H groups in total. The minimum absolute atomic E-state index is 0.0689. The third-order valence-corrected chi connectivity index (χ3v) is 4.67. The van der Waals surface area contributed by atoms with Crippen molar-refractivity contribution in [2.75, 3.05) is 44.8 Å². The Bertz CT molecular complexity index is 750. The molecule has 0 spiro atoms. The average molecular weight is 368 g/mol. The van der Waals surface area contributed by atoms with E-state index in [0.29, 0.717) is 31.2 Å². The fourth-order valence-corrected chi connectivity index (χ4v) is 3.13. The molecule has 1 aliphatic heterocycles. The van der Waals surface area contributed by atoms with Gasteiger partial charge in [-0.05, 0) is 48.4 Å². The first-order valence-corrected chi connectivity index (χ1v) is 9.48. The van der Waals surface area contributed by atoms with Gasteiger partial charge in [0, 0.05) is 37.4 Å². The summed E-state index contributed by atoms with van der Waals surface area (Å²) in [6.45, 7) is 7.93. The zero-order valence-electron chi connectivity index (χ0n) is 16.4. The van der Waals surface area contributed by atoms with Crippen molar-refractivity contribution in [1.82, 2.24) is 4.90 Å².